The van der Waals surface area contributed by atoms with E-state index in [0.29, 0.717) is 5.41 Å². The minimum Gasteiger partial charge on any atom is -0.337 e. The van der Waals surface area contributed by atoms with E-state index in [4.69, 9.17) is 0 Å². The molecule has 74 valence electrons. The van der Waals surface area contributed by atoms with E-state index in [1.807, 2.05) is 18.7 Å². The fourth-order valence-corrected chi connectivity index (χ4v) is 2.44. The highest BCUT2D eigenvalue weighted by atomic mass is 79.9. The van der Waals surface area contributed by atoms with Crippen molar-refractivity contribution in [2.75, 3.05) is 5.33 Å². The minimum atomic E-state index is 0.390. The maximum Gasteiger partial charge on any atom is 0.0946 e. The second-order valence-corrected chi connectivity index (χ2v) is 4.14. The number of rotatable bonds is 5. The molecular formula is C10H17BrN2. The van der Waals surface area contributed by atoms with Crippen molar-refractivity contribution >= 4 is 15.9 Å². The Balaban J connectivity index is 2.67. The SMILES string of the molecule is CCC(CC)(CBr)Cn1ccnc1. The highest BCUT2D eigenvalue weighted by Gasteiger charge is 2.24. The first kappa shape index (κ1) is 10.8. The van der Waals surface area contributed by atoms with Crippen molar-refractivity contribution in [3.05, 3.63) is 18.7 Å². The summed E-state index contributed by atoms with van der Waals surface area (Å²) < 4.78 is 2.16. The van der Waals surface area contributed by atoms with Crippen LogP contribution in [0.5, 0.6) is 0 Å². The smallest absolute Gasteiger partial charge is 0.0946 e. The molecule has 0 saturated carbocycles. The molecule has 0 aliphatic heterocycles. The van der Waals surface area contributed by atoms with Crippen LogP contribution in [-0.2, 0) is 6.54 Å². The third kappa shape index (κ3) is 2.56. The van der Waals surface area contributed by atoms with Crippen molar-refractivity contribution < 1.29 is 0 Å². The highest BCUT2D eigenvalue weighted by Crippen LogP contribution is 2.30. The molecule has 13 heavy (non-hydrogen) atoms. The first-order valence-electron chi connectivity index (χ1n) is 4.78. The van der Waals surface area contributed by atoms with Gasteiger partial charge in [-0.1, -0.05) is 29.8 Å². The van der Waals surface area contributed by atoms with Crippen molar-refractivity contribution in [1.29, 1.82) is 0 Å². The Hall–Kier alpha value is -0.310. The summed E-state index contributed by atoms with van der Waals surface area (Å²) in [5.74, 6) is 0. The lowest BCUT2D eigenvalue weighted by Gasteiger charge is -2.29. The maximum absolute atomic E-state index is 4.06. The second kappa shape index (κ2) is 4.80. The van der Waals surface area contributed by atoms with E-state index in [2.05, 4.69) is 39.3 Å². The molecule has 0 bridgehead atoms. The summed E-state index contributed by atoms with van der Waals surface area (Å²) in [5.41, 5.74) is 0.390. The molecule has 0 unspecified atom stereocenters. The first-order valence-corrected chi connectivity index (χ1v) is 5.90. The molecule has 0 fully saturated rings. The Morgan fingerprint density at radius 2 is 2.08 bits per heavy atom. The van der Waals surface area contributed by atoms with Crippen molar-refractivity contribution in [2.45, 2.75) is 33.2 Å². The number of halogens is 1. The summed E-state index contributed by atoms with van der Waals surface area (Å²) in [6, 6.07) is 0. The summed E-state index contributed by atoms with van der Waals surface area (Å²) in [7, 11) is 0. The molecule has 0 saturated heterocycles. The molecule has 1 aromatic rings. The van der Waals surface area contributed by atoms with Gasteiger partial charge in [0.15, 0.2) is 0 Å². The van der Waals surface area contributed by atoms with Crippen molar-refractivity contribution in [1.82, 2.24) is 9.55 Å². The molecule has 0 amide bonds. The predicted octanol–water partition coefficient (Wildman–Crippen LogP) is 3.08. The molecule has 2 nitrogen and oxygen atoms in total. The van der Waals surface area contributed by atoms with Gasteiger partial charge < -0.3 is 4.57 Å². The van der Waals surface area contributed by atoms with E-state index >= 15 is 0 Å². The van der Waals surface area contributed by atoms with Crippen LogP contribution in [-0.4, -0.2) is 14.9 Å². The molecule has 0 radical (unpaired) electrons. The molecule has 0 aliphatic carbocycles. The van der Waals surface area contributed by atoms with Gasteiger partial charge in [-0.3, -0.25) is 0 Å². The Morgan fingerprint density at radius 1 is 1.38 bits per heavy atom. The van der Waals surface area contributed by atoms with Crippen molar-refractivity contribution in [3.63, 3.8) is 0 Å². The van der Waals surface area contributed by atoms with Crippen molar-refractivity contribution in [2.24, 2.45) is 5.41 Å². The summed E-state index contributed by atoms with van der Waals surface area (Å²) in [5, 5.41) is 1.06. The highest BCUT2D eigenvalue weighted by molar-refractivity contribution is 9.09. The number of imidazole rings is 1. The molecule has 0 atom stereocenters. The normalized spacial score (nSPS) is 11.9. The number of hydrogen-bond acceptors (Lipinski definition) is 1. The largest absolute Gasteiger partial charge is 0.337 e. The van der Waals surface area contributed by atoms with Crippen LogP contribution >= 0.6 is 15.9 Å². The molecule has 0 aromatic carbocycles. The van der Waals surface area contributed by atoms with E-state index in [1.54, 1.807) is 0 Å². The minimum absolute atomic E-state index is 0.390. The van der Waals surface area contributed by atoms with Crippen molar-refractivity contribution in [3.8, 4) is 0 Å². The molecule has 0 N–H and O–H groups in total. The Labute approximate surface area is 88.5 Å². The van der Waals surface area contributed by atoms with Gasteiger partial charge in [0.1, 0.15) is 0 Å². The Bertz CT molecular complexity index is 219. The predicted molar refractivity (Wildman–Crippen MR) is 59.0 cm³/mol. The van der Waals surface area contributed by atoms with Crippen LogP contribution in [0.1, 0.15) is 26.7 Å². The van der Waals surface area contributed by atoms with Crippen LogP contribution in [0.4, 0.5) is 0 Å². The zero-order valence-electron chi connectivity index (χ0n) is 8.33. The average Bonchev–Trinajstić information content (AvgIpc) is 2.67. The Morgan fingerprint density at radius 3 is 2.46 bits per heavy atom. The van der Waals surface area contributed by atoms with E-state index in [9.17, 15) is 0 Å². The van der Waals surface area contributed by atoms with E-state index in [-0.39, 0.29) is 0 Å². The van der Waals surface area contributed by atoms with Gasteiger partial charge in [0, 0.05) is 24.3 Å². The fraction of sp³-hybridized carbons (Fsp3) is 0.700. The molecule has 1 aromatic heterocycles. The number of alkyl halides is 1. The number of aromatic nitrogens is 2. The summed E-state index contributed by atoms with van der Waals surface area (Å²) in [6.07, 6.45) is 8.16. The lowest BCUT2D eigenvalue weighted by molar-refractivity contribution is 0.259. The van der Waals surface area contributed by atoms with Crippen LogP contribution in [0.25, 0.3) is 0 Å². The summed E-state index contributed by atoms with van der Waals surface area (Å²) >= 11 is 3.61. The van der Waals surface area contributed by atoms with Crippen LogP contribution in [0.15, 0.2) is 18.7 Å². The standard InChI is InChI=1S/C10H17BrN2/c1-3-10(4-2,7-11)8-13-6-5-12-9-13/h5-6,9H,3-4,7-8H2,1-2H3. The van der Waals surface area contributed by atoms with E-state index in [1.165, 1.54) is 12.8 Å². The quantitative estimate of drug-likeness (QED) is 0.729. The van der Waals surface area contributed by atoms with Gasteiger partial charge in [-0.25, -0.2) is 4.98 Å². The molecule has 0 spiro atoms. The van der Waals surface area contributed by atoms with Gasteiger partial charge >= 0.3 is 0 Å². The van der Waals surface area contributed by atoms with E-state index < -0.39 is 0 Å². The third-order valence-corrected chi connectivity index (χ3v) is 4.05. The summed E-state index contributed by atoms with van der Waals surface area (Å²) in [4.78, 5) is 4.06. The maximum atomic E-state index is 4.06. The molecule has 1 rings (SSSR count). The van der Waals surface area contributed by atoms with Gasteiger partial charge in [0.2, 0.25) is 0 Å². The number of nitrogens with zero attached hydrogens (tertiary/aromatic N) is 2. The molecule has 3 heteroatoms. The van der Waals surface area contributed by atoms with E-state index in [0.717, 1.165) is 11.9 Å². The van der Waals surface area contributed by atoms with Gasteiger partial charge in [-0.15, -0.1) is 0 Å². The Kier molecular flexibility index (Phi) is 3.97. The average molecular weight is 245 g/mol. The van der Waals surface area contributed by atoms with Gasteiger partial charge in [0.25, 0.3) is 0 Å². The summed E-state index contributed by atoms with van der Waals surface area (Å²) in [6.45, 7) is 5.56. The zero-order chi connectivity index (χ0) is 9.73. The fourth-order valence-electron chi connectivity index (χ4n) is 1.47. The molecular weight excluding hydrogens is 228 g/mol. The first-order chi connectivity index (χ1) is 6.26. The van der Waals surface area contributed by atoms with Crippen LogP contribution < -0.4 is 0 Å². The topological polar surface area (TPSA) is 17.8 Å². The van der Waals surface area contributed by atoms with Crippen LogP contribution in [0, 0.1) is 5.41 Å². The van der Waals surface area contributed by atoms with Gasteiger partial charge in [0.05, 0.1) is 6.33 Å². The number of hydrogen-bond donors (Lipinski definition) is 0. The second-order valence-electron chi connectivity index (χ2n) is 3.58. The van der Waals surface area contributed by atoms with Crippen LogP contribution in [0.2, 0.25) is 0 Å². The monoisotopic (exact) mass is 244 g/mol. The lowest BCUT2D eigenvalue weighted by atomic mass is 9.84. The van der Waals surface area contributed by atoms with Gasteiger partial charge in [-0.2, -0.15) is 0 Å². The van der Waals surface area contributed by atoms with Gasteiger partial charge in [-0.05, 0) is 18.3 Å². The third-order valence-electron chi connectivity index (χ3n) is 2.86. The molecule has 1 heterocycles. The molecule has 0 aliphatic rings. The zero-order valence-corrected chi connectivity index (χ0v) is 9.92. The van der Waals surface area contributed by atoms with Crippen LogP contribution in [0.3, 0.4) is 0 Å². The lowest BCUT2D eigenvalue weighted by Crippen LogP contribution is -2.26.